The lowest BCUT2D eigenvalue weighted by Gasteiger charge is -2.09. The van der Waals surface area contributed by atoms with Crippen LogP contribution in [0.25, 0.3) is 0 Å². The number of carbonyl (C=O) groups is 1. The molecule has 1 atom stereocenters. The van der Waals surface area contributed by atoms with Crippen LogP contribution < -0.4 is 14.8 Å². The summed E-state index contributed by atoms with van der Waals surface area (Å²) in [5.41, 5.74) is 1.66. The number of carbonyl (C=O) groups excluding carboxylic acids is 1. The lowest BCUT2D eigenvalue weighted by Crippen LogP contribution is -2.13. The van der Waals surface area contributed by atoms with E-state index < -0.39 is 0 Å². The molecule has 0 aliphatic carbocycles. The molecule has 140 valence electrons. The first-order chi connectivity index (χ1) is 13.1. The zero-order valence-corrected chi connectivity index (χ0v) is 16.2. The van der Waals surface area contributed by atoms with Crippen molar-refractivity contribution in [1.29, 1.82) is 0 Å². The van der Waals surface area contributed by atoms with E-state index in [1.165, 1.54) is 24.0 Å². The number of hydrogen-bond donors (Lipinski definition) is 1. The zero-order valence-electron chi connectivity index (χ0n) is 15.4. The molecule has 0 radical (unpaired) electrons. The van der Waals surface area contributed by atoms with Gasteiger partial charge in [0.15, 0.2) is 0 Å². The van der Waals surface area contributed by atoms with Crippen molar-refractivity contribution in [3.8, 4) is 11.5 Å². The van der Waals surface area contributed by atoms with E-state index in [9.17, 15) is 4.79 Å². The SMILES string of the molecule is COc1ccc(C(=O)Nc2nnc(C[C@@H](C)c3ccccc3)s2)c(OC)c1. The molecule has 1 amide bonds. The summed E-state index contributed by atoms with van der Waals surface area (Å²) >= 11 is 1.38. The minimum Gasteiger partial charge on any atom is -0.497 e. The molecule has 0 saturated carbocycles. The number of rotatable bonds is 7. The molecule has 0 aliphatic rings. The van der Waals surface area contributed by atoms with Crippen molar-refractivity contribution >= 4 is 22.4 Å². The molecule has 3 aromatic rings. The van der Waals surface area contributed by atoms with Crippen molar-refractivity contribution in [2.45, 2.75) is 19.3 Å². The Labute approximate surface area is 162 Å². The largest absolute Gasteiger partial charge is 0.497 e. The van der Waals surface area contributed by atoms with Crippen LogP contribution in [0, 0.1) is 0 Å². The van der Waals surface area contributed by atoms with E-state index in [0.29, 0.717) is 28.1 Å². The van der Waals surface area contributed by atoms with Gasteiger partial charge in [-0.2, -0.15) is 0 Å². The highest BCUT2D eigenvalue weighted by Crippen LogP contribution is 2.27. The normalized spacial score (nSPS) is 11.7. The Bertz CT molecular complexity index is 912. The zero-order chi connectivity index (χ0) is 19.2. The van der Waals surface area contributed by atoms with Crippen molar-refractivity contribution < 1.29 is 14.3 Å². The molecular formula is C20H21N3O3S. The second kappa shape index (κ2) is 8.64. The van der Waals surface area contributed by atoms with Crippen molar-refractivity contribution in [2.24, 2.45) is 0 Å². The number of nitrogens with zero attached hydrogens (tertiary/aromatic N) is 2. The summed E-state index contributed by atoms with van der Waals surface area (Å²) in [6.07, 6.45) is 0.767. The second-order valence-corrected chi connectivity index (χ2v) is 7.10. The molecule has 3 rings (SSSR count). The molecule has 1 aromatic heterocycles. The van der Waals surface area contributed by atoms with Gasteiger partial charge in [0.25, 0.3) is 5.91 Å². The molecule has 27 heavy (non-hydrogen) atoms. The molecule has 1 N–H and O–H groups in total. The predicted molar refractivity (Wildman–Crippen MR) is 106 cm³/mol. The highest BCUT2D eigenvalue weighted by Gasteiger charge is 2.16. The number of ether oxygens (including phenoxy) is 2. The number of nitrogens with one attached hydrogen (secondary N) is 1. The fraction of sp³-hybridized carbons (Fsp3) is 0.250. The topological polar surface area (TPSA) is 73.3 Å². The van der Waals surface area contributed by atoms with Gasteiger partial charge in [0.05, 0.1) is 19.8 Å². The molecule has 2 aromatic carbocycles. The highest BCUT2D eigenvalue weighted by atomic mass is 32.1. The summed E-state index contributed by atoms with van der Waals surface area (Å²) < 4.78 is 10.4. The lowest BCUT2D eigenvalue weighted by molar-refractivity contribution is 0.102. The summed E-state index contributed by atoms with van der Waals surface area (Å²) in [6, 6.07) is 15.3. The quantitative estimate of drug-likeness (QED) is 0.663. The molecule has 0 unspecified atom stereocenters. The maximum atomic E-state index is 12.6. The van der Waals surface area contributed by atoms with Gasteiger partial charge < -0.3 is 9.47 Å². The van der Waals surface area contributed by atoms with Crippen LogP contribution in [0.4, 0.5) is 5.13 Å². The molecule has 6 nitrogen and oxygen atoms in total. The third-order valence-corrected chi connectivity index (χ3v) is 5.05. The molecule has 0 saturated heterocycles. The van der Waals surface area contributed by atoms with Crippen molar-refractivity contribution in [3.05, 3.63) is 64.7 Å². The number of benzene rings is 2. The molecule has 0 fully saturated rings. The Morgan fingerprint density at radius 1 is 1.11 bits per heavy atom. The first-order valence-corrected chi connectivity index (χ1v) is 9.33. The van der Waals surface area contributed by atoms with Gasteiger partial charge in [-0.15, -0.1) is 10.2 Å². The Morgan fingerprint density at radius 3 is 2.59 bits per heavy atom. The third kappa shape index (κ3) is 4.62. The van der Waals surface area contributed by atoms with Crippen LogP contribution in [0.2, 0.25) is 0 Å². The molecule has 7 heteroatoms. The number of amides is 1. The molecule has 0 aliphatic heterocycles. The number of hydrogen-bond acceptors (Lipinski definition) is 6. The first kappa shape index (κ1) is 18.8. The van der Waals surface area contributed by atoms with Gasteiger partial charge in [0.1, 0.15) is 16.5 Å². The van der Waals surface area contributed by atoms with E-state index >= 15 is 0 Å². The average molecular weight is 383 g/mol. The van der Waals surface area contributed by atoms with E-state index in [-0.39, 0.29) is 5.91 Å². The summed E-state index contributed by atoms with van der Waals surface area (Å²) in [5, 5.41) is 12.4. The van der Waals surface area contributed by atoms with Gasteiger partial charge in [-0.25, -0.2) is 0 Å². The van der Waals surface area contributed by atoms with E-state index in [2.05, 4.69) is 34.6 Å². The van der Waals surface area contributed by atoms with Gasteiger partial charge in [-0.1, -0.05) is 48.6 Å². The average Bonchev–Trinajstić information content (AvgIpc) is 3.14. The Balaban J connectivity index is 1.68. The van der Waals surface area contributed by atoms with Gasteiger partial charge in [0, 0.05) is 12.5 Å². The highest BCUT2D eigenvalue weighted by molar-refractivity contribution is 7.15. The minimum atomic E-state index is -0.298. The maximum absolute atomic E-state index is 12.6. The van der Waals surface area contributed by atoms with Crippen LogP contribution >= 0.6 is 11.3 Å². The number of methoxy groups -OCH3 is 2. The van der Waals surface area contributed by atoms with E-state index in [4.69, 9.17) is 9.47 Å². The first-order valence-electron chi connectivity index (χ1n) is 8.51. The monoisotopic (exact) mass is 383 g/mol. The Morgan fingerprint density at radius 2 is 1.89 bits per heavy atom. The van der Waals surface area contributed by atoms with Crippen LogP contribution in [0.5, 0.6) is 11.5 Å². The fourth-order valence-corrected chi connectivity index (χ4v) is 3.56. The number of aromatic nitrogens is 2. The summed E-state index contributed by atoms with van der Waals surface area (Å²) in [6.45, 7) is 2.15. The predicted octanol–water partition coefficient (Wildman–Crippen LogP) is 4.15. The second-order valence-electron chi connectivity index (χ2n) is 6.04. The van der Waals surface area contributed by atoms with Gasteiger partial charge >= 0.3 is 0 Å². The fourth-order valence-electron chi connectivity index (χ4n) is 2.70. The summed E-state index contributed by atoms with van der Waals surface area (Å²) in [7, 11) is 3.08. The van der Waals surface area contributed by atoms with Gasteiger partial charge in [-0.3, -0.25) is 10.1 Å². The third-order valence-electron chi connectivity index (χ3n) is 4.19. The van der Waals surface area contributed by atoms with Crippen LogP contribution in [-0.4, -0.2) is 30.3 Å². The molecule has 0 bridgehead atoms. The Kier molecular flexibility index (Phi) is 6.03. The van der Waals surface area contributed by atoms with Crippen LogP contribution in [-0.2, 0) is 6.42 Å². The van der Waals surface area contributed by atoms with Crippen molar-refractivity contribution in [3.63, 3.8) is 0 Å². The molecule has 1 heterocycles. The standard InChI is InChI=1S/C20H21N3O3S/c1-13(14-7-5-4-6-8-14)11-18-22-23-20(27-18)21-19(24)16-10-9-15(25-2)12-17(16)26-3/h4-10,12-13H,11H2,1-3H3,(H,21,23,24)/t13-/m1/s1. The number of anilines is 1. The van der Waals surface area contributed by atoms with Crippen LogP contribution in [0.15, 0.2) is 48.5 Å². The Hall–Kier alpha value is -2.93. The van der Waals surface area contributed by atoms with Gasteiger partial charge in [0.2, 0.25) is 5.13 Å². The lowest BCUT2D eigenvalue weighted by atomic mass is 9.98. The van der Waals surface area contributed by atoms with Gasteiger partial charge in [-0.05, 0) is 23.6 Å². The molecular weight excluding hydrogens is 362 g/mol. The summed E-state index contributed by atoms with van der Waals surface area (Å²) in [5.74, 6) is 1.09. The smallest absolute Gasteiger partial charge is 0.261 e. The van der Waals surface area contributed by atoms with Crippen LogP contribution in [0.3, 0.4) is 0 Å². The molecule has 0 spiro atoms. The van der Waals surface area contributed by atoms with Crippen molar-refractivity contribution in [1.82, 2.24) is 10.2 Å². The van der Waals surface area contributed by atoms with E-state index in [0.717, 1.165) is 11.4 Å². The van der Waals surface area contributed by atoms with E-state index in [1.54, 1.807) is 25.3 Å². The van der Waals surface area contributed by atoms with Crippen LogP contribution in [0.1, 0.15) is 33.8 Å². The summed E-state index contributed by atoms with van der Waals surface area (Å²) in [4.78, 5) is 12.6. The van der Waals surface area contributed by atoms with Crippen molar-refractivity contribution in [2.75, 3.05) is 19.5 Å². The minimum absolute atomic E-state index is 0.298. The maximum Gasteiger partial charge on any atom is 0.261 e. The van der Waals surface area contributed by atoms with E-state index in [1.807, 2.05) is 18.2 Å².